The lowest BCUT2D eigenvalue weighted by Gasteiger charge is -2.29. The zero-order chi connectivity index (χ0) is 16.4. The molecule has 0 fully saturated rings. The Kier molecular flexibility index (Phi) is 9.11. The predicted octanol–water partition coefficient (Wildman–Crippen LogP) is 0.459. The van der Waals surface area contributed by atoms with E-state index in [2.05, 4.69) is 10.1 Å². The van der Waals surface area contributed by atoms with E-state index < -0.39 is 24.0 Å². The van der Waals surface area contributed by atoms with E-state index in [4.69, 9.17) is 9.84 Å². The first-order chi connectivity index (χ1) is 9.87. The van der Waals surface area contributed by atoms with Gasteiger partial charge in [-0.1, -0.05) is 0 Å². The van der Waals surface area contributed by atoms with Crippen molar-refractivity contribution in [3.63, 3.8) is 0 Å². The maximum absolute atomic E-state index is 12.1. The number of amides is 2. The topological polar surface area (TPSA) is 105 Å². The minimum absolute atomic E-state index is 0.0238. The molecule has 122 valence electrons. The van der Waals surface area contributed by atoms with Crippen molar-refractivity contribution in [3.05, 3.63) is 0 Å². The van der Waals surface area contributed by atoms with E-state index in [1.165, 1.54) is 19.1 Å². The summed E-state index contributed by atoms with van der Waals surface area (Å²) in [6.45, 7) is 4.35. The average molecular weight is 304 g/mol. The molecule has 0 saturated carbocycles. The number of aliphatic carboxylic acids is 1. The number of hydrogen-bond acceptors (Lipinski definition) is 5. The molecule has 2 N–H and O–H groups in total. The Bertz CT molecular complexity index is 361. The number of hydrogen-bond donors (Lipinski definition) is 2. The Labute approximate surface area is 124 Å². The zero-order valence-electron chi connectivity index (χ0n) is 12.9. The SMILES string of the molecule is CCN(C(=O)N[C@H](CCC(=O)OC)C(=O)O)C(C)COC. The predicted molar refractivity (Wildman–Crippen MR) is 74.9 cm³/mol. The van der Waals surface area contributed by atoms with Gasteiger partial charge in [0.1, 0.15) is 6.04 Å². The minimum atomic E-state index is -1.19. The quantitative estimate of drug-likeness (QED) is 0.600. The van der Waals surface area contributed by atoms with Crippen LogP contribution >= 0.6 is 0 Å². The van der Waals surface area contributed by atoms with E-state index in [-0.39, 0.29) is 18.9 Å². The summed E-state index contributed by atoms with van der Waals surface area (Å²) < 4.78 is 9.44. The second kappa shape index (κ2) is 9.98. The Morgan fingerprint density at radius 2 is 1.90 bits per heavy atom. The molecule has 0 aromatic heterocycles. The molecule has 0 aromatic rings. The highest BCUT2D eigenvalue weighted by atomic mass is 16.5. The molecule has 8 heteroatoms. The molecule has 0 saturated heterocycles. The van der Waals surface area contributed by atoms with Gasteiger partial charge in [-0.3, -0.25) is 4.79 Å². The van der Waals surface area contributed by atoms with Gasteiger partial charge in [-0.2, -0.15) is 0 Å². The van der Waals surface area contributed by atoms with Gasteiger partial charge < -0.3 is 24.8 Å². The molecule has 8 nitrogen and oxygen atoms in total. The zero-order valence-corrected chi connectivity index (χ0v) is 12.9. The number of carboxylic acids is 1. The first kappa shape index (κ1) is 19.2. The van der Waals surface area contributed by atoms with Gasteiger partial charge >= 0.3 is 18.0 Å². The molecule has 0 aromatic carbocycles. The van der Waals surface area contributed by atoms with Gasteiger partial charge in [0.15, 0.2) is 0 Å². The summed E-state index contributed by atoms with van der Waals surface area (Å²) in [5.74, 6) is -1.71. The number of rotatable bonds is 9. The molecule has 0 aliphatic heterocycles. The largest absolute Gasteiger partial charge is 0.480 e. The minimum Gasteiger partial charge on any atom is -0.480 e. The maximum Gasteiger partial charge on any atom is 0.326 e. The Hall–Kier alpha value is -1.83. The highest BCUT2D eigenvalue weighted by Crippen LogP contribution is 2.04. The molecular formula is C13H24N2O6. The number of methoxy groups -OCH3 is 2. The summed E-state index contributed by atoms with van der Waals surface area (Å²) in [6, 6.07) is -1.82. The Morgan fingerprint density at radius 1 is 1.29 bits per heavy atom. The molecule has 0 aliphatic rings. The lowest BCUT2D eigenvalue weighted by Crippen LogP contribution is -2.51. The summed E-state index contributed by atoms with van der Waals surface area (Å²) in [6.07, 6.45) is -0.0997. The number of carbonyl (C=O) groups is 3. The summed E-state index contributed by atoms with van der Waals surface area (Å²) in [7, 11) is 2.75. The van der Waals surface area contributed by atoms with Crippen LogP contribution in [0.3, 0.4) is 0 Å². The summed E-state index contributed by atoms with van der Waals surface area (Å²) in [5.41, 5.74) is 0. The van der Waals surface area contributed by atoms with Gasteiger partial charge in [-0.05, 0) is 20.3 Å². The van der Waals surface area contributed by atoms with Crippen molar-refractivity contribution in [2.45, 2.75) is 38.8 Å². The molecule has 0 heterocycles. The van der Waals surface area contributed by atoms with Crippen molar-refractivity contribution < 1.29 is 29.0 Å². The second-order valence-corrected chi connectivity index (χ2v) is 4.55. The number of urea groups is 1. The Balaban J connectivity index is 4.64. The van der Waals surface area contributed by atoms with Crippen LogP contribution in [0.1, 0.15) is 26.7 Å². The number of carboxylic acid groups (broad SMARTS) is 1. The molecule has 2 atom stereocenters. The third-order valence-electron chi connectivity index (χ3n) is 3.00. The fourth-order valence-corrected chi connectivity index (χ4v) is 1.84. The van der Waals surface area contributed by atoms with Crippen LogP contribution in [0.4, 0.5) is 4.79 Å². The summed E-state index contributed by atoms with van der Waals surface area (Å²) >= 11 is 0. The van der Waals surface area contributed by atoms with E-state index in [0.29, 0.717) is 13.2 Å². The van der Waals surface area contributed by atoms with Gasteiger partial charge in [0.2, 0.25) is 0 Å². The maximum atomic E-state index is 12.1. The van der Waals surface area contributed by atoms with E-state index >= 15 is 0 Å². The van der Waals surface area contributed by atoms with Gasteiger partial charge in [-0.25, -0.2) is 9.59 Å². The summed E-state index contributed by atoms with van der Waals surface area (Å²) in [5, 5.41) is 11.5. The fourth-order valence-electron chi connectivity index (χ4n) is 1.84. The molecule has 0 spiro atoms. The van der Waals surface area contributed by atoms with Crippen LogP contribution in [0.5, 0.6) is 0 Å². The summed E-state index contributed by atoms with van der Waals surface area (Å²) in [4.78, 5) is 35.8. The second-order valence-electron chi connectivity index (χ2n) is 4.55. The highest BCUT2D eigenvalue weighted by Gasteiger charge is 2.25. The van der Waals surface area contributed by atoms with Gasteiger partial charge in [0.25, 0.3) is 0 Å². The van der Waals surface area contributed by atoms with Crippen LogP contribution in [-0.2, 0) is 19.1 Å². The lowest BCUT2D eigenvalue weighted by atomic mass is 10.1. The first-order valence-electron chi connectivity index (χ1n) is 6.73. The smallest absolute Gasteiger partial charge is 0.326 e. The van der Waals surface area contributed by atoms with Gasteiger partial charge in [-0.15, -0.1) is 0 Å². The molecule has 0 aliphatic carbocycles. The van der Waals surface area contributed by atoms with Crippen LogP contribution in [0.15, 0.2) is 0 Å². The normalized spacial score (nSPS) is 13.1. The van der Waals surface area contributed by atoms with Crippen LogP contribution in [-0.4, -0.2) is 67.4 Å². The molecule has 0 radical (unpaired) electrons. The average Bonchev–Trinajstić information content (AvgIpc) is 2.43. The van der Waals surface area contributed by atoms with E-state index in [1.54, 1.807) is 13.8 Å². The van der Waals surface area contributed by atoms with Crippen molar-refractivity contribution in [3.8, 4) is 0 Å². The number of nitrogens with zero attached hydrogens (tertiary/aromatic N) is 1. The number of nitrogens with one attached hydrogen (secondary N) is 1. The van der Waals surface area contributed by atoms with E-state index in [0.717, 1.165) is 0 Å². The number of esters is 1. The Morgan fingerprint density at radius 3 is 2.33 bits per heavy atom. The molecule has 2 amide bonds. The number of carbonyl (C=O) groups excluding carboxylic acids is 2. The van der Waals surface area contributed by atoms with Gasteiger partial charge in [0.05, 0.1) is 19.8 Å². The van der Waals surface area contributed by atoms with Crippen molar-refractivity contribution in [1.82, 2.24) is 10.2 Å². The van der Waals surface area contributed by atoms with Crippen LogP contribution < -0.4 is 5.32 Å². The lowest BCUT2D eigenvalue weighted by molar-refractivity contribution is -0.142. The van der Waals surface area contributed by atoms with Crippen molar-refractivity contribution >= 4 is 18.0 Å². The molecule has 0 rings (SSSR count). The van der Waals surface area contributed by atoms with Crippen LogP contribution in [0.2, 0.25) is 0 Å². The third-order valence-corrected chi connectivity index (χ3v) is 3.00. The van der Waals surface area contributed by atoms with Gasteiger partial charge in [0, 0.05) is 20.1 Å². The highest BCUT2D eigenvalue weighted by molar-refractivity contribution is 5.83. The van der Waals surface area contributed by atoms with Crippen LogP contribution in [0.25, 0.3) is 0 Å². The molecule has 1 unspecified atom stereocenters. The van der Waals surface area contributed by atoms with Crippen molar-refractivity contribution in [1.29, 1.82) is 0 Å². The first-order valence-corrected chi connectivity index (χ1v) is 6.73. The molecule has 0 bridgehead atoms. The van der Waals surface area contributed by atoms with E-state index in [9.17, 15) is 14.4 Å². The standard InChI is InChI=1S/C13H24N2O6/c1-5-15(9(2)8-20-3)13(19)14-10(12(17)18)6-7-11(16)21-4/h9-10H,5-8H2,1-4H3,(H,14,19)(H,17,18)/t9?,10-/m1/s1. The third kappa shape index (κ3) is 6.94. The monoisotopic (exact) mass is 304 g/mol. The van der Waals surface area contributed by atoms with Crippen LogP contribution in [0, 0.1) is 0 Å². The molecule has 21 heavy (non-hydrogen) atoms. The fraction of sp³-hybridized carbons (Fsp3) is 0.769. The van der Waals surface area contributed by atoms with Crippen molar-refractivity contribution in [2.24, 2.45) is 0 Å². The van der Waals surface area contributed by atoms with E-state index in [1.807, 2.05) is 0 Å². The molecular weight excluding hydrogens is 280 g/mol. The van der Waals surface area contributed by atoms with Crippen molar-refractivity contribution in [2.75, 3.05) is 27.4 Å². The number of likely N-dealkylation sites (N-methyl/N-ethyl adjacent to an activating group) is 1. The number of ether oxygens (including phenoxy) is 2.